The highest BCUT2D eigenvalue weighted by Crippen LogP contribution is 2.48. The molecule has 11 heteroatoms. The van der Waals surface area contributed by atoms with Crippen LogP contribution in [0, 0.1) is 6.92 Å². The minimum Gasteiger partial charge on any atom is -0.691 e. The average molecular weight is 629 g/mol. The zero-order valence-electron chi connectivity index (χ0n) is 25.6. The topological polar surface area (TPSA) is 115 Å². The lowest BCUT2D eigenvalue weighted by Crippen LogP contribution is -2.28. The maximum atomic E-state index is 10.1. The van der Waals surface area contributed by atoms with Gasteiger partial charge in [-0.25, -0.2) is 0 Å². The van der Waals surface area contributed by atoms with Crippen LogP contribution in [-0.4, -0.2) is 34.9 Å². The van der Waals surface area contributed by atoms with E-state index in [0.29, 0.717) is 11.5 Å². The molecule has 0 fully saturated rings. The normalized spacial score (nSPS) is 17.8. The molecule has 0 radical (unpaired) electrons. The Balaban J connectivity index is 1.62. The molecule has 234 valence electrons. The number of anilines is 2. The quantitative estimate of drug-likeness (QED) is 0.0639. The van der Waals surface area contributed by atoms with E-state index >= 15 is 0 Å². The van der Waals surface area contributed by atoms with E-state index in [1.54, 1.807) is 0 Å². The molecular weight excluding hydrogens is 587 g/mol. The van der Waals surface area contributed by atoms with Crippen molar-refractivity contribution in [3.05, 3.63) is 77.0 Å². The van der Waals surface area contributed by atoms with Crippen molar-refractivity contribution < 1.29 is 33.8 Å². The molecule has 2 aliphatic heterocycles. The molecule has 0 atom stereocenters. The lowest BCUT2D eigenvalue weighted by molar-refractivity contribution is -0.777. The van der Waals surface area contributed by atoms with Gasteiger partial charge in [0.1, 0.15) is 6.54 Å². The monoisotopic (exact) mass is 628 g/mol. The molecule has 0 unspecified atom stereocenters. The first-order valence-electron chi connectivity index (χ1n) is 14.6. The molecule has 2 aliphatic rings. The van der Waals surface area contributed by atoms with Crippen molar-refractivity contribution in [3.8, 4) is 0 Å². The van der Waals surface area contributed by atoms with Crippen LogP contribution >= 0.6 is 24.1 Å². The van der Waals surface area contributed by atoms with Gasteiger partial charge in [-0.3, -0.25) is 10.1 Å². The first kappa shape index (κ1) is 33.5. The van der Waals surface area contributed by atoms with E-state index in [4.69, 9.17) is 5.73 Å². The van der Waals surface area contributed by atoms with Crippen LogP contribution in [0.2, 0.25) is 0 Å². The van der Waals surface area contributed by atoms with Gasteiger partial charge in [0.25, 0.3) is 0 Å². The summed E-state index contributed by atoms with van der Waals surface area (Å²) in [6.45, 7) is 12.9. The summed E-state index contributed by atoms with van der Waals surface area (Å²) < 4.78 is 11.2. The number of nitrogens with two attached hydrogens (primary N) is 1. The summed E-state index contributed by atoms with van der Waals surface area (Å²) in [5.41, 5.74) is 15.2. The molecule has 0 aromatic heterocycles. The van der Waals surface area contributed by atoms with Crippen LogP contribution in [0.1, 0.15) is 70.1 Å². The summed E-state index contributed by atoms with van der Waals surface area (Å²) in [6.07, 6.45) is 10.3. The SMILES string of the molecule is Cc1ccc2c(c1)C(C)(C)C(=CC=CC1=[N+](CCCCSOO[O-])c3ccc(N)cc3C1(C)C)N2CCCCSOO[O-]. The number of nitrogens with zero attached hydrogens (tertiary/aromatic N) is 2. The van der Waals surface area contributed by atoms with Crippen molar-refractivity contribution >= 4 is 46.9 Å². The number of nitrogen functional groups attached to an aromatic ring is 1. The van der Waals surface area contributed by atoms with Crippen molar-refractivity contribution in [1.82, 2.24) is 0 Å². The van der Waals surface area contributed by atoms with Gasteiger partial charge >= 0.3 is 0 Å². The Kier molecular flexibility index (Phi) is 11.8. The third-order valence-electron chi connectivity index (χ3n) is 8.34. The van der Waals surface area contributed by atoms with E-state index in [1.165, 1.54) is 39.5 Å². The van der Waals surface area contributed by atoms with Crippen molar-refractivity contribution in [2.45, 2.75) is 71.1 Å². The Morgan fingerprint density at radius 2 is 1.58 bits per heavy atom. The van der Waals surface area contributed by atoms with Gasteiger partial charge < -0.3 is 21.1 Å². The fourth-order valence-corrected chi connectivity index (χ4v) is 7.02. The second-order valence-electron chi connectivity index (χ2n) is 12.0. The smallest absolute Gasteiger partial charge is 0.209 e. The molecule has 4 rings (SSSR count). The lowest BCUT2D eigenvalue weighted by Gasteiger charge is -2.27. The molecule has 0 bridgehead atoms. The fraction of sp³-hybridized carbons (Fsp3) is 0.469. The van der Waals surface area contributed by atoms with Gasteiger partial charge in [0.05, 0.1) is 5.41 Å². The Morgan fingerprint density at radius 3 is 2.28 bits per heavy atom. The average Bonchev–Trinajstić information content (AvgIpc) is 3.30. The third-order valence-corrected chi connectivity index (χ3v) is 9.56. The van der Waals surface area contributed by atoms with Gasteiger partial charge in [0.15, 0.2) is 5.71 Å². The number of hydrogen-bond acceptors (Lipinski definition) is 10. The summed E-state index contributed by atoms with van der Waals surface area (Å²) in [6, 6.07) is 12.9. The van der Waals surface area contributed by atoms with Crippen molar-refractivity contribution in [1.29, 1.82) is 0 Å². The summed E-state index contributed by atoms with van der Waals surface area (Å²) in [5.74, 6) is 1.36. The lowest BCUT2D eigenvalue weighted by atomic mass is 9.81. The highest BCUT2D eigenvalue weighted by atomic mass is 32.2. The van der Waals surface area contributed by atoms with Crippen molar-refractivity contribution in [2.75, 3.05) is 35.2 Å². The van der Waals surface area contributed by atoms with Gasteiger partial charge in [-0.15, -0.1) is 0 Å². The molecule has 0 aliphatic carbocycles. The Labute approximate surface area is 263 Å². The number of hydrogen-bond donors (Lipinski definition) is 1. The molecule has 2 aromatic rings. The number of benzene rings is 2. The predicted molar refractivity (Wildman–Crippen MR) is 170 cm³/mol. The standard InChI is InChI=1S/C32H43N3O6S2/c1-23-13-15-27-25(21-23)31(2,3)29(34(27)17-6-8-19-42-40-38-36)11-10-12-30-32(4,5)26-22-24(33)14-16-28(26)35(30)18-7-9-20-43-41-39-37/h10-16,21-22H,6-9,17-20,33H2,1-5H3,(H-,36,37)/p-1. The van der Waals surface area contributed by atoms with Crippen molar-refractivity contribution in [3.63, 3.8) is 0 Å². The Bertz CT molecular complexity index is 1360. The van der Waals surface area contributed by atoms with Crippen LogP contribution in [0.15, 0.2) is 60.3 Å². The minimum absolute atomic E-state index is 0.166. The van der Waals surface area contributed by atoms with Gasteiger partial charge in [-0.05, 0) is 69.9 Å². The van der Waals surface area contributed by atoms with E-state index in [-0.39, 0.29) is 10.8 Å². The van der Waals surface area contributed by atoms with Crippen LogP contribution < -0.4 is 21.1 Å². The van der Waals surface area contributed by atoms with Gasteiger partial charge in [0.2, 0.25) is 5.69 Å². The zero-order valence-corrected chi connectivity index (χ0v) is 27.2. The molecule has 0 spiro atoms. The van der Waals surface area contributed by atoms with Gasteiger partial charge in [-0.1, -0.05) is 37.6 Å². The molecule has 2 heterocycles. The van der Waals surface area contributed by atoms with E-state index in [1.807, 2.05) is 6.07 Å². The Hall–Kier alpha value is -2.35. The minimum atomic E-state index is -0.230. The number of unbranched alkanes of at least 4 members (excludes halogenated alkanes) is 2. The molecule has 2 aromatic carbocycles. The predicted octanol–water partition coefficient (Wildman–Crippen LogP) is 5.50. The molecule has 0 saturated heterocycles. The van der Waals surface area contributed by atoms with Crippen LogP contribution in [0.5, 0.6) is 0 Å². The van der Waals surface area contributed by atoms with E-state index < -0.39 is 0 Å². The first-order valence-corrected chi connectivity index (χ1v) is 16.4. The summed E-state index contributed by atoms with van der Waals surface area (Å²) in [5, 5.41) is 27.1. The number of aryl methyl sites for hydroxylation is 1. The maximum absolute atomic E-state index is 10.1. The van der Waals surface area contributed by atoms with Crippen molar-refractivity contribution in [2.24, 2.45) is 0 Å². The molecule has 0 saturated carbocycles. The largest absolute Gasteiger partial charge is 0.691 e. The van der Waals surface area contributed by atoms with Crippen LogP contribution in [0.3, 0.4) is 0 Å². The fourth-order valence-electron chi connectivity index (χ4n) is 6.16. The zero-order chi connectivity index (χ0) is 31.0. The third kappa shape index (κ3) is 7.66. The van der Waals surface area contributed by atoms with E-state index in [2.05, 4.69) is 111 Å². The van der Waals surface area contributed by atoms with E-state index in [9.17, 15) is 10.5 Å². The molecule has 2 N–H and O–H groups in total. The number of rotatable bonds is 16. The van der Waals surface area contributed by atoms with Crippen LogP contribution in [0.4, 0.5) is 17.1 Å². The highest BCUT2D eigenvalue weighted by Gasteiger charge is 2.44. The summed E-state index contributed by atoms with van der Waals surface area (Å²) >= 11 is 2.07. The molecule has 9 nitrogen and oxygen atoms in total. The summed E-state index contributed by atoms with van der Waals surface area (Å²) in [4.78, 5) is 2.43. The number of fused-ring (bicyclic) bond motifs is 2. The van der Waals surface area contributed by atoms with Gasteiger partial charge in [0, 0.05) is 88.7 Å². The summed E-state index contributed by atoms with van der Waals surface area (Å²) in [7, 11) is 0. The molecular formula is C32H42N3O6S2-. The Morgan fingerprint density at radius 1 is 0.884 bits per heavy atom. The van der Waals surface area contributed by atoms with E-state index in [0.717, 1.165) is 68.5 Å². The van der Waals surface area contributed by atoms with Crippen LogP contribution in [0.25, 0.3) is 0 Å². The van der Waals surface area contributed by atoms with Gasteiger partial charge in [-0.2, -0.15) is 13.2 Å². The highest BCUT2D eigenvalue weighted by molar-refractivity contribution is 7.94. The molecule has 43 heavy (non-hydrogen) atoms. The maximum Gasteiger partial charge on any atom is 0.209 e. The molecule has 0 amide bonds. The van der Waals surface area contributed by atoms with Crippen LogP contribution in [-0.2, 0) is 29.6 Å². The number of allylic oxidation sites excluding steroid dienone is 4. The second-order valence-corrected chi connectivity index (χ2v) is 13.5. The first-order chi connectivity index (χ1) is 20.6. The second kappa shape index (κ2) is 15.1.